The molecule has 5 nitrogen and oxygen atoms in total. The van der Waals surface area contributed by atoms with Gasteiger partial charge in [0.15, 0.2) is 0 Å². The van der Waals surface area contributed by atoms with Crippen LogP contribution >= 0.6 is 0 Å². The lowest BCUT2D eigenvalue weighted by atomic mass is 9.96. The zero-order valence-electron chi connectivity index (χ0n) is 11.8. The number of piperidine rings is 1. The maximum atomic E-state index is 11.7. The van der Waals surface area contributed by atoms with E-state index in [4.69, 9.17) is 4.84 Å². The number of nitrogens with zero attached hydrogens (tertiary/aromatic N) is 1. The summed E-state index contributed by atoms with van der Waals surface area (Å²) in [6.45, 7) is 4.04. The van der Waals surface area contributed by atoms with Gasteiger partial charge in [0, 0.05) is 6.54 Å². The fraction of sp³-hybridized carbons (Fsp3) is 0.533. The number of benzene rings is 1. The first kappa shape index (κ1) is 15.0. The lowest BCUT2D eigenvalue weighted by Crippen LogP contribution is -2.47. The third-order valence-corrected chi connectivity index (χ3v) is 3.64. The predicted octanol–water partition coefficient (Wildman–Crippen LogP) is 0.937. The van der Waals surface area contributed by atoms with Crippen LogP contribution in [-0.2, 0) is 16.2 Å². The number of carbonyl (C=O) groups excluding carboxylic acids is 1. The summed E-state index contributed by atoms with van der Waals surface area (Å²) in [6.07, 6.45) is 0.570. The van der Waals surface area contributed by atoms with Crippen LogP contribution in [0.1, 0.15) is 18.9 Å². The van der Waals surface area contributed by atoms with Crippen molar-refractivity contribution in [3.63, 3.8) is 0 Å². The second-order valence-electron chi connectivity index (χ2n) is 5.37. The summed E-state index contributed by atoms with van der Waals surface area (Å²) >= 11 is 0. The molecule has 0 saturated carbocycles. The Morgan fingerprint density at radius 3 is 2.90 bits per heavy atom. The number of carbonyl (C=O) groups is 1. The third-order valence-electron chi connectivity index (χ3n) is 3.64. The molecular weight excluding hydrogens is 256 g/mol. The molecule has 2 unspecified atom stereocenters. The van der Waals surface area contributed by atoms with Crippen LogP contribution in [0.15, 0.2) is 30.3 Å². The molecule has 1 heterocycles. The van der Waals surface area contributed by atoms with E-state index in [1.54, 1.807) is 0 Å². The molecule has 0 aromatic heterocycles. The molecule has 110 valence electrons. The summed E-state index contributed by atoms with van der Waals surface area (Å²) in [4.78, 5) is 18.9. The third kappa shape index (κ3) is 4.59. The van der Waals surface area contributed by atoms with Crippen LogP contribution in [0.25, 0.3) is 0 Å². The molecular formula is C15H22N2O3. The van der Waals surface area contributed by atoms with E-state index in [1.165, 1.54) is 0 Å². The van der Waals surface area contributed by atoms with Crippen molar-refractivity contribution in [3.05, 3.63) is 35.9 Å². The average Bonchev–Trinajstić information content (AvgIpc) is 2.44. The number of amides is 1. The highest BCUT2D eigenvalue weighted by Crippen LogP contribution is 2.16. The Morgan fingerprint density at radius 2 is 2.20 bits per heavy atom. The summed E-state index contributed by atoms with van der Waals surface area (Å²) in [6, 6.07) is 9.67. The van der Waals surface area contributed by atoms with Crippen molar-refractivity contribution in [2.24, 2.45) is 5.92 Å². The number of β-amino-alcohol motifs (C(OH)–C–C–N with tert-alkyl or cyclic N) is 1. The van der Waals surface area contributed by atoms with Gasteiger partial charge in [0.25, 0.3) is 5.91 Å². The zero-order chi connectivity index (χ0) is 14.4. The maximum Gasteiger partial charge on any atom is 0.257 e. The van der Waals surface area contributed by atoms with Gasteiger partial charge in [-0.1, -0.05) is 37.3 Å². The van der Waals surface area contributed by atoms with Crippen LogP contribution in [-0.4, -0.2) is 41.7 Å². The number of likely N-dealkylation sites (tertiary alicyclic amines) is 1. The van der Waals surface area contributed by atoms with Gasteiger partial charge in [-0.15, -0.1) is 0 Å². The van der Waals surface area contributed by atoms with Crippen LogP contribution in [0.4, 0.5) is 0 Å². The number of hydrogen-bond acceptors (Lipinski definition) is 4. The second kappa shape index (κ2) is 7.38. The van der Waals surface area contributed by atoms with Crippen LogP contribution < -0.4 is 5.48 Å². The fourth-order valence-corrected chi connectivity index (χ4v) is 2.27. The van der Waals surface area contributed by atoms with Gasteiger partial charge in [0.05, 0.1) is 19.3 Å². The molecule has 2 rings (SSSR count). The molecule has 1 amide bonds. The first-order chi connectivity index (χ1) is 9.65. The van der Waals surface area contributed by atoms with E-state index >= 15 is 0 Å². The molecule has 2 atom stereocenters. The first-order valence-electron chi connectivity index (χ1n) is 7.00. The number of aliphatic hydroxyl groups is 1. The van der Waals surface area contributed by atoms with Crippen molar-refractivity contribution in [3.8, 4) is 0 Å². The van der Waals surface area contributed by atoms with Crippen LogP contribution in [0.5, 0.6) is 0 Å². The lowest BCUT2D eigenvalue weighted by molar-refractivity contribution is -0.136. The average molecular weight is 278 g/mol. The number of hydroxylamine groups is 1. The van der Waals surface area contributed by atoms with Gasteiger partial charge in [-0.2, -0.15) is 0 Å². The summed E-state index contributed by atoms with van der Waals surface area (Å²) in [5.74, 6) is 0.131. The molecule has 5 heteroatoms. The summed E-state index contributed by atoms with van der Waals surface area (Å²) in [5, 5.41) is 9.78. The van der Waals surface area contributed by atoms with Crippen LogP contribution in [0.3, 0.4) is 0 Å². The summed E-state index contributed by atoms with van der Waals surface area (Å²) in [7, 11) is 0. The molecule has 1 aromatic carbocycles. The topological polar surface area (TPSA) is 61.8 Å². The van der Waals surface area contributed by atoms with Gasteiger partial charge in [-0.25, -0.2) is 5.48 Å². The van der Waals surface area contributed by atoms with Crippen LogP contribution in [0, 0.1) is 5.92 Å². The van der Waals surface area contributed by atoms with Crippen molar-refractivity contribution in [1.82, 2.24) is 10.4 Å². The quantitative estimate of drug-likeness (QED) is 0.787. The van der Waals surface area contributed by atoms with Crippen molar-refractivity contribution in [2.75, 3.05) is 19.6 Å². The van der Waals surface area contributed by atoms with Gasteiger partial charge < -0.3 is 5.11 Å². The van der Waals surface area contributed by atoms with Crippen LogP contribution in [0.2, 0.25) is 0 Å². The molecule has 0 radical (unpaired) electrons. The Kier molecular flexibility index (Phi) is 5.52. The Labute approximate surface area is 119 Å². The van der Waals surface area contributed by atoms with E-state index in [2.05, 4.69) is 5.48 Å². The first-order valence-corrected chi connectivity index (χ1v) is 7.00. The van der Waals surface area contributed by atoms with Crippen molar-refractivity contribution in [1.29, 1.82) is 0 Å². The van der Waals surface area contributed by atoms with Crippen molar-refractivity contribution < 1.29 is 14.7 Å². The molecule has 0 aliphatic carbocycles. The highest BCUT2D eigenvalue weighted by atomic mass is 16.6. The summed E-state index contributed by atoms with van der Waals surface area (Å²) < 4.78 is 0. The predicted molar refractivity (Wildman–Crippen MR) is 75.6 cm³/mol. The highest BCUT2D eigenvalue weighted by Gasteiger charge is 2.25. The molecule has 20 heavy (non-hydrogen) atoms. The van der Waals surface area contributed by atoms with Gasteiger partial charge in [-0.3, -0.25) is 14.5 Å². The molecule has 2 N–H and O–H groups in total. The minimum absolute atomic E-state index is 0.178. The van der Waals surface area contributed by atoms with E-state index in [0.29, 0.717) is 19.1 Å². The van der Waals surface area contributed by atoms with Gasteiger partial charge in [-0.05, 0) is 24.4 Å². The number of rotatable bonds is 5. The van der Waals surface area contributed by atoms with E-state index < -0.39 is 0 Å². The van der Waals surface area contributed by atoms with Gasteiger partial charge in [0.2, 0.25) is 0 Å². The van der Waals surface area contributed by atoms with Gasteiger partial charge in [0.1, 0.15) is 0 Å². The second-order valence-corrected chi connectivity index (χ2v) is 5.37. The molecule has 1 aliphatic rings. The maximum absolute atomic E-state index is 11.7. The standard InChI is InChI=1S/C15H22N2O3/c1-12-7-8-17(9-14(12)18)10-15(19)16-20-11-13-5-3-2-4-6-13/h2-6,12,14,18H,7-11H2,1H3,(H,16,19). The smallest absolute Gasteiger partial charge is 0.257 e. The minimum atomic E-state index is -0.346. The van der Waals surface area contributed by atoms with E-state index in [1.807, 2.05) is 42.2 Å². The molecule has 1 saturated heterocycles. The molecule has 1 aliphatic heterocycles. The number of hydrogen-bond donors (Lipinski definition) is 2. The minimum Gasteiger partial charge on any atom is -0.392 e. The number of aliphatic hydroxyl groups excluding tert-OH is 1. The van der Waals surface area contributed by atoms with E-state index in [0.717, 1.165) is 18.5 Å². The Hall–Kier alpha value is -1.43. The van der Waals surface area contributed by atoms with Crippen molar-refractivity contribution in [2.45, 2.75) is 26.1 Å². The fourth-order valence-electron chi connectivity index (χ4n) is 2.27. The Balaban J connectivity index is 1.66. The molecule has 0 spiro atoms. The highest BCUT2D eigenvalue weighted by molar-refractivity contribution is 5.76. The SMILES string of the molecule is CC1CCN(CC(=O)NOCc2ccccc2)CC1O. The normalized spacial score (nSPS) is 23.5. The monoisotopic (exact) mass is 278 g/mol. The lowest BCUT2D eigenvalue weighted by Gasteiger charge is -2.33. The largest absolute Gasteiger partial charge is 0.392 e. The van der Waals surface area contributed by atoms with Crippen molar-refractivity contribution >= 4 is 5.91 Å². The molecule has 0 bridgehead atoms. The molecule has 1 aromatic rings. The Bertz CT molecular complexity index is 424. The summed E-state index contributed by atoms with van der Waals surface area (Å²) in [5.41, 5.74) is 3.45. The Morgan fingerprint density at radius 1 is 1.45 bits per heavy atom. The van der Waals surface area contributed by atoms with E-state index in [9.17, 15) is 9.90 Å². The van der Waals surface area contributed by atoms with E-state index in [-0.39, 0.29) is 18.6 Å². The molecule has 1 fully saturated rings. The number of nitrogens with one attached hydrogen (secondary N) is 1. The zero-order valence-corrected chi connectivity index (χ0v) is 11.8. The van der Waals surface area contributed by atoms with Gasteiger partial charge >= 0.3 is 0 Å².